The first-order valence-electron chi connectivity index (χ1n) is 7.18. The van der Waals surface area contributed by atoms with E-state index in [1.165, 1.54) is 7.11 Å². The number of azide groups is 1. The van der Waals surface area contributed by atoms with Crippen molar-refractivity contribution in [2.24, 2.45) is 10.5 Å². The lowest BCUT2D eigenvalue weighted by molar-refractivity contribution is -0.141. The van der Waals surface area contributed by atoms with Crippen LogP contribution >= 0.6 is 11.6 Å². The Morgan fingerprint density at radius 1 is 1.50 bits per heavy atom. The van der Waals surface area contributed by atoms with Gasteiger partial charge in [0.15, 0.2) is 0 Å². The normalized spacial score (nSPS) is 12.4. The summed E-state index contributed by atoms with van der Waals surface area (Å²) in [6, 6.07) is 5.67. The van der Waals surface area contributed by atoms with E-state index in [1.54, 1.807) is 6.92 Å². The summed E-state index contributed by atoms with van der Waals surface area (Å²) in [5, 5.41) is 4.29. The summed E-state index contributed by atoms with van der Waals surface area (Å²) in [7, 11) is 1.38. The van der Waals surface area contributed by atoms with E-state index in [1.807, 2.05) is 18.2 Å². The average Bonchev–Trinajstić information content (AvgIpc) is 2.50. The lowest BCUT2D eigenvalue weighted by Gasteiger charge is -2.22. The SMILES string of the molecule is COC(=O)C(C)c1ccc(CCC(C)(C)CN=[N+]=[N-])c(Cl)c1. The number of benzene rings is 1. The zero-order valence-corrected chi connectivity index (χ0v) is 14.2. The van der Waals surface area contributed by atoms with Crippen molar-refractivity contribution in [2.75, 3.05) is 13.7 Å². The van der Waals surface area contributed by atoms with E-state index in [4.69, 9.17) is 21.9 Å². The van der Waals surface area contributed by atoms with Crippen LogP contribution < -0.4 is 0 Å². The molecule has 0 aliphatic carbocycles. The highest BCUT2D eigenvalue weighted by Crippen LogP contribution is 2.28. The predicted molar refractivity (Wildman–Crippen MR) is 88.0 cm³/mol. The highest BCUT2D eigenvalue weighted by atomic mass is 35.5. The summed E-state index contributed by atoms with van der Waals surface area (Å²) in [5.74, 6) is -0.614. The van der Waals surface area contributed by atoms with Crippen LogP contribution in [0.2, 0.25) is 5.02 Å². The first-order valence-corrected chi connectivity index (χ1v) is 7.55. The Bertz CT molecular complexity index is 581. The molecule has 22 heavy (non-hydrogen) atoms. The van der Waals surface area contributed by atoms with E-state index < -0.39 is 0 Å². The maximum absolute atomic E-state index is 11.6. The Balaban J connectivity index is 2.78. The standard InChI is InChI=1S/C16H22ClN3O2/c1-11(15(21)22-4)13-6-5-12(14(17)9-13)7-8-16(2,3)10-19-20-18/h5-6,9,11H,7-8,10H2,1-4H3. The maximum atomic E-state index is 11.6. The summed E-state index contributed by atoms with van der Waals surface area (Å²) >= 11 is 6.32. The van der Waals surface area contributed by atoms with E-state index in [0.29, 0.717) is 11.6 Å². The second-order valence-electron chi connectivity index (χ2n) is 6.15. The van der Waals surface area contributed by atoms with Gasteiger partial charge in [-0.1, -0.05) is 42.7 Å². The molecule has 1 aromatic carbocycles. The Labute approximate surface area is 136 Å². The molecule has 1 atom stereocenters. The molecule has 0 aliphatic heterocycles. The van der Waals surface area contributed by atoms with Gasteiger partial charge in [-0.05, 0) is 47.9 Å². The van der Waals surface area contributed by atoms with Crippen molar-refractivity contribution in [3.63, 3.8) is 0 Å². The van der Waals surface area contributed by atoms with Crippen LogP contribution in [0.3, 0.4) is 0 Å². The Kier molecular flexibility index (Phi) is 6.72. The van der Waals surface area contributed by atoms with Crippen LogP contribution in [0.25, 0.3) is 10.4 Å². The zero-order chi connectivity index (χ0) is 16.8. The fourth-order valence-electron chi connectivity index (χ4n) is 2.12. The van der Waals surface area contributed by atoms with Crippen molar-refractivity contribution in [3.05, 3.63) is 44.8 Å². The second-order valence-corrected chi connectivity index (χ2v) is 6.56. The third-order valence-corrected chi connectivity index (χ3v) is 4.12. The number of rotatable bonds is 7. The number of ether oxygens (including phenoxy) is 1. The summed E-state index contributed by atoms with van der Waals surface area (Å²) in [6.07, 6.45) is 1.65. The van der Waals surface area contributed by atoms with Crippen molar-refractivity contribution in [3.8, 4) is 0 Å². The molecule has 6 heteroatoms. The number of hydrogen-bond donors (Lipinski definition) is 0. The Hall–Kier alpha value is -1.71. The lowest BCUT2D eigenvalue weighted by Crippen LogP contribution is -2.16. The van der Waals surface area contributed by atoms with E-state index >= 15 is 0 Å². The predicted octanol–water partition coefficient (Wildman–Crippen LogP) is 4.89. The minimum Gasteiger partial charge on any atom is -0.469 e. The van der Waals surface area contributed by atoms with Crippen LogP contribution in [0.4, 0.5) is 0 Å². The summed E-state index contributed by atoms with van der Waals surface area (Å²) in [6.45, 7) is 6.37. The van der Waals surface area contributed by atoms with Gasteiger partial charge in [-0.25, -0.2) is 0 Å². The molecule has 0 aromatic heterocycles. The zero-order valence-electron chi connectivity index (χ0n) is 13.5. The average molecular weight is 324 g/mol. The van der Waals surface area contributed by atoms with Gasteiger partial charge in [0.2, 0.25) is 0 Å². The van der Waals surface area contributed by atoms with E-state index in [0.717, 1.165) is 24.0 Å². The number of aryl methyl sites for hydroxylation is 1. The topological polar surface area (TPSA) is 75.1 Å². The van der Waals surface area contributed by atoms with Gasteiger partial charge in [-0.3, -0.25) is 4.79 Å². The van der Waals surface area contributed by atoms with Crippen molar-refractivity contribution < 1.29 is 9.53 Å². The van der Waals surface area contributed by atoms with Crippen LogP contribution in [0.1, 0.15) is 44.2 Å². The first kappa shape index (κ1) is 18.3. The van der Waals surface area contributed by atoms with Gasteiger partial charge in [0, 0.05) is 16.5 Å². The molecular formula is C16H22ClN3O2. The third-order valence-electron chi connectivity index (χ3n) is 3.76. The summed E-state index contributed by atoms with van der Waals surface area (Å²) < 4.78 is 4.74. The molecule has 0 saturated heterocycles. The highest BCUT2D eigenvalue weighted by molar-refractivity contribution is 6.31. The molecule has 1 rings (SSSR count). The van der Waals surface area contributed by atoms with Gasteiger partial charge in [0.25, 0.3) is 0 Å². The van der Waals surface area contributed by atoms with Crippen LogP contribution in [-0.4, -0.2) is 19.6 Å². The van der Waals surface area contributed by atoms with E-state index in [2.05, 4.69) is 23.9 Å². The van der Waals surface area contributed by atoms with Gasteiger partial charge in [0.05, 0.1) is 13.0 Å². The Morgan fingerprint density at radius 3 is 2.73 bits per heavy atom. The number of esters is 1. The van der Waals surface area contributed by atoms with Crippen molar-refractivity contribution in [2.45, 2.75) is 39.5 Å². The number of halogens is 1. The molecule has 0 N–H and O–H groups in total. The fourth-order valence-corrected chi connectivity index (χ4v) is 2.41. The Morgan fingerprint density at radius 2 is 2.18 bits per heavy atom. The molecule has 0 aliphatic rings. The molecule has 0 amide bonds. The molecule has 120 valence electrons. The number of methoxy groups -OCH3 is 1. The second kappa shape index (κ2) is 8.06. The van der Waals surface area contributed by atoms with Crippen molar-refractivity contribution >= 4 is 17.6 Å². The summed E-state index contributed by atoms with van der Waals surface area (Å²) in [5.41, 5.74) is 10.2. The summed E-state index contributed by atoms with van der Waals surface area (Å²) in [4.78, 5) is 14.4. The van der Waals surface area contributed by atoms with Crippen LogP contribution in [0, 0.1) is 5.41 Å². The highest BCUT2D eigenvalue weighted by Gasteiger charge is 2.19. The van der Waals surface area contributed by atoms with Crippen LogP contribution in [0.15, 0.2) is 23.3 Å². The molecule has 1 unspecified atom stereocenters. The van der Waals surface area contributed by atoms with E-state index in [-0.39, 0.29) is 17.3 Å². The number of carbonyl (C=O) groups is 1. The largest absolute Gasteiger partial charge is 0.469 e. The monoisotopic (exact) mass is 323 g/mol. The third kappa shape index (κ3) is 5.24. The van der Waals surface area contributed by atoms with Gasteiger partial charge >= 0.3 is 5.97 Å². The van der Waals surface area contributed by atoms with Gasteiger partial charge in [-0.15, -0.1) is 0 Å². The molecule has 0 spiro atoms. The molecule has 0 radical (unpaired) electrons. The quantitative estimate of drug-likeness (QED) is 0.310. The number of nitrogens with zero attached hydrogens (tertiary/aromatic N) is 3. The van der Waals surface area contributed by atoms with Crippen LogP contribution in [0.5, 0.6) is 0 Å². The minimum atomic E-state index is -0.335. The molecule has 0 saturated carbocycles. The van der Waals surface area contributed by atoms with Crippen molar-refractivity contribution in [1.29, 1.82) is 0 Å². The molecule has 5 nitrogen and oxygen atoms in total. The van der Waals surface area contributed by atoms with Gasteiger partial charge in [-0.2, -0.15) is 0 Å². The minimum absolute atomic E-state index is 0.0759. The molecular weight excluding hydrogens is 302 g/mol. The van der Waals surface area contributed by atoms with Gasteiger partial charge < -0.3 is 4.74 Å². The number of carbonyl (C=O) groups excluding carboxylic acids is 1. The maximum Gasteiger partial charge on any atom is 0.312 e. The molecule has 0 bridgehead atoms. The van der Waals surface area contributed by atoms with Crippen molar-refractivity contribution in [1.82, 2.24) is 0 Å². The van der Waals surface area contributed by atoms with E-state index in [9.17, 15) is 4.79 Å². The molecule has 0 fully saturated rings. The van der Waals surface area contributed by atoms with Gasteiger partial charge in [0.1, 0.15) is 0 Å². The fraction of sp³-hybridized carbons (Fsp3) is 0.562. The lowest BCUT2D eigenvalue weighted by atomic mass is 9.86. The molecule has 0 heterocycles. The smallest absolute Gasteiger partial charge is 0.312 e. The first-order chi connectivity index (χ1) is 10.3. The molecule has 1 aromatic rings. The number of hydrogen-bond acceptors (Lipinski definition) is 3. The van der Waals surface area contributed by atoms with Crippen LogP contribution in [-0.2, 0) is 16.0 Å².